The second-order valence-electron chi connectivity index (χ2n) is 16.7. The maximum Gasteiger partial charge on any atom is 0.160 e. The molecule has 0 atom stereocenters. The summed E-state index contributed by atoms with van der Waals surface area (Å²) in [7, 11) is 0. The van der Waals surface area contributed by atoms with Crippen LogP contribution in [0.4, 0.5) is 0 Å². The number of hydrogen-bond donors (Lipinski definition) is 0. The summed E-state index contributed by atoms with van der Waals surface area (Å²) in [6.07, 6.45) is 3.74. The average molecular weight is 817 g/mol. The van der Waals surface area contributed by atoms with E-state index in [1.54, 1.807) is 0 Å². The van der Waals surface area contributed by atoms with Gasteiger partial charge in [0, 0.05) is 56.4 Å². The first kappa shape index (κ1) is 37.4. The molecular formula is C60H40N4. The second-order valence-corrected chi connectivity index (χ2v) is 16.7. The Morgan fingerprint density at radius 1 is 0.297 bits per heavy atom. The maximum absolute atomic E-state index is 5.60. The molecule has 3 heterocycles. The van der Waals surface area contributed by atoms with E-state index in [9.17, 15) is 0 Å². The number of benzene rings is 9. The van der Waals surface area contributed by atoms with Crippen molar-refractivity contribution in [2.45, 2.75) is 13.8 Å². The van der Waals surface area contributed by atoms with E-state index in [2.05, 4.69) is 196 Å². The fraction of sp³-hybridized carbons (Fsp3) is 0.0333. The molecule has 4 heteroatoms. The van der Waals surface area contributed by atoms with Gasteiger partial charge in [0.1, 0.15) is 0 Å². The number of fused-ring (bicyclic) bond motifs is 5. The summed E-state index contributed by atoms with van der Waals surface area (Å²) in [4.78, 5) is 20.8. The Bertz CT molecular complexity index is 3810. The highest BCUT2D eigenvalue weighted by molar-refractivity contribution is 6.11. The summed E-state index contributed by atoms with van der Waals surface area (Å²) >= 11 is 0. The molecule has 0 amide bonds. The molecule has 0 bridgehead atoms. The van der Waals surface area contributed by atoms with E-state index in [-0.39, 0.29) is 0 Å². The Morgan fingerprint density at radius 2 is 0.797 bits per heavy atom. The SMILES string of the molecule is Cc1cc(-c2nc(-c3ccc(-c4cccc5cccnc45)c(C)c3)c3cc(-c4cccc5ccccc45)cc(-c4cccc5ccccc45)c3n2)ccc1-c1cccc2cccnc12. The Hall–Kier alpha value is -8.34. The van der Waals surface area contributed by atoms with Gasteiger partial charge < -0.3 is 0 Å². The van der Waals surface area contributed by atoms with E-state index in [1.807, 2.05) is 24.5 Å². The topological polar surface area (TPSA) is 51.6 Å². The van der Waals surface area contributed by atoms with Crippen molar-refractivity contribution in [3.8, 4) is 67.2 Å². The lowest BCUT2D eigenvalue weighted by Crippen LogP contribution is -1.99. The summed E-state index contributed by atoms with van der Waals surface area (Å²) in [5.41, 5.74) is 17.0. The summed E-state index contributed by atoms with van der Waals surface area (Å²) in [5.74, 6) is 0.674. The van der Waals surface area contributed by atoms with Crippen LogP contribution in [0.2, 0.25) is 0 Å². The number of para-hydroxylation sites is 2. The summed E-state index contributed by atoms with van der Waals surface area (Å²) in [6, 6.07) is 69.4. The van der Waals surface area contributed by atoms with Crippen molar-refractivity contribution in [3.63, 3.8) is 0 Å². The van der Waals surface area contributed by atoms with Crippen LogP contribution < -0.4 is 0 Å². The van der Waals surface area contributed by atoms with E-state index in [4.69, 9.17) is 19.9 Å². The third-order valence-electron chi connectivity index (χ3n) is 12.8. The molecule has 12 rings (SSSR count). The van der Waals surface area contributed by atoms with E-state index < -0.39 is 0 Å². The molecule has 0 aliphatic heterocycles. The molecule has 64 heavy (non-hydrogen) atoms. The average Bonchev–Trinajstić information content (AvgIpc) is 3.35. The Kier molecular flexibility index (Phi) is 8.91. The molecule has 12 aromatic rings. The second kappa shape index (κ2) is 15.2. The molecule has 3 aromatic heterocycles. The predicted octanol–water partition coefficient (Wildman–Crippen LogP) is 15.7. The van der Waals surface area contributed by atoms with Crippen molar-refractivity contribution in [2.75, 3.05) is 0 Å². The lowest BCUT2D eigenvalue weighted by atomic mass is 9.89. The van der Waals surface area contributed by atoms with Gasteiger partial charge in [0.2, 0.25) is 0 Å². The molecule has 0 aliphatic carbocycles. The summed E-state index contributed by atoms with van der Waals surface area (Å²) in [6.45, 7) is 4.36. The van der Waals surface area contributed by atoms with Crippen molar-refractivity contribution in [2.24, 2.45) is 0 Å². The van der Waals surface area contributed by atoms with Gasteiger partial charge in [0.15, 0.2) is 5.82 Å². The van der Waals surface area contributed by atoms with Crippen LogP contribution in [0.15, 0.2) is 207 Å². The molecule has 0 aliphatic rings. The van der Waals surface area contributed by atoms with E-state index in [0.29, 0.717) is 5.82 Å². The standard InChI is InChI=1S/C60H40N4/c1-37-33-43(27-29-46(37)52-25-9-17-41-19-11-31-61-56(41)52)58-55-36-45(50-23-7-15-39-13-3-5-21-48(39)50)35-54(51-24-8-16-40-14-4-6-22-49(40)51)59(55)64-60(63-58)44-28-30-47(38(2)34-44)53-26-10-18-42-20-12-32-62-57(42)53/h3-36H,1-2H3. The van der Waals surface area contributed by atoms with Gasteiger partial charge in [-0.25, -0.2) is 9.97 Å². The third kappa shape index (κ3) is 6.30. The minimum atomic E-state index is 0.674. The van der Waals surface area contributed by atoms with Crippen LogP contribution in [0.3, 0.4) is 0 Å². The smallest absolute Gasteiger partial charge is 0.160 e. The summed E-state index contributed by atoms with van der Waals surface area (Å²) < 4.78 is 0. The van der Waals surface area contributed by atoms with Crippen molar-refractivity contribution < 1.29 is 0 Å². The molecule has 300 valence electrons. The van der Waals surface area contributed by atoms with Gasteiger partial charge in [-0.15, -0.1) is 0 Å². The maximum atomic E-state index is 5.60. The molecule has 4 nitrogen and oxygen atoms in total. The highest BCUT2D eigenvalue weighted by atomic mass is 14.9. The number of pyridine rings is 2. The number of rotatable bonds is 6. The molecule has 0 fully saturated rings. The molecule has 0 radical (unpaired) electrons. The first-order chi connectivity index (χ1) is 31.6. The zero-order valence-electron chi connectivity index (χ0n) is 35.4. The third-order valence-corrected chi connectivity index (χ3v) is 12.8. The molecule has 9 aromatic carbocycles. The highest BCUT2D eigenvalue weighted by Crippen LogP contribution is 2.43. The molecule has 0 unspecified atom stereocenters. The van der Waals surface area contributed by atoms with Crippen molar-refractivity contribution in [1.82, 2.24) is 19.9 Å². The lowest BCUT2D eigenvalue weighted by Gasteiger charge is -2.18. The minimum Gasteiger partial charge on any atom is -0.256 e. The van der Waals surface area contributed by atoms with Gasteiger partial charge in [-0.05, 0) is 111 Å². The van der Waals surface area contributed by atoms with Crippen LogP contribution in [0.25, 0.3) is 121 Å². The molecule has 0 saturated carbocycles. The van der Waals surface area contributed by atoms with E-state index >= 15 is 0 Å². The van der Waals surface area contributed by atoms with Crippen LogP contribution in [0.1, 0.15) is 11.1 Å². The van der Waals surface area contributed by atoms with E-state index in [1.165, 1.54) is 27.1 Å². The normalized spacial score (nSPS) is 11.6. The first-order valence-corrected chi connectivity index (χ1v) is 21.8. The highest BCUT2D eigenvalue weighted by Gasteiger charge is 2.21. The quantitative estimate of drug-likeness (QED) is 0.168. The van der Waals surface area contributed by atoms with Gasteiger partial charge in [-0.1, -0.05) is 158 Å². The fourth-order valence-corrected chi connectivity index (χ4v) is 9.74. The van der Waals surface area contributed by atoms with Gasteiger partial charge in [0.05, 0.1) is 22.2 Å². The zero-order chi connectivity index (χ0) is 42.7. The van der Waals surface area contributed by atoms with Crippen LogP contribution >= 0.6 is 0 Å². The molecule has 0 saturated heterocycles. The van der Waals surface area contributed by atoms with Gasteiger partial charge >= 0.3 is 0 Å². The zero-order valence-corrected chi connectivity index (χ0v) is 35.4. The Balaban J connectivity index is 1.14. The minimum absolute atomic E-state index is 0.674. The van der Waals surface area contributed by atoms with Crippen molar-refractivity contribution in [3.05, 3.63) is 218 Å². The molecule has 0 spiro atoms. The van der Waals surface area contributed by atoms with Gasteiger partial charge in [-0.2, -0.15) is 0 Å². The number of hydrogen-bond acceptors (Lipinski definition) is 4. The van der Waals surface area contributed by atoms with Crippen LogP contribution in [-0.2, 0) is 0 Å². The lowest BCUT2D eigenvalue weighted by molar-refractivity contribution is 1.22. The predicted molar refractivity (Wildman–Crippen MR) is 267 cm³/mol. The largest absolute Gasteiger partial charge is 0.256 e. The Morgan fingerprint density at radius 3 is 1.42 bits per heavy atom. The van der Waals surface area contributed by atoms with Crippen LogP contribution in [-0.4, -0.2) is 19.9 Å². The van der Waals surface area contributed by atoms with Gasteiger partial charge in [-0.3, -0.25) is 9.97 Å². The van der Waals surface area contributed by atoms with Gasteiger partial charge in [0.25, 0.3) is 0 Å². The number of aryl methyl sites for hydroxylation is 2. The number of aromatic nitrogens is 4. The number of nitrogens with zero attached hydrogens (tertiary/aromatic N) is 4. The van der Waals surface area contributed by atoms with Crippen molar-refractivity contribution in [1.29, 1.82) is 0 Å². The van der Waals surface area contributed by atoms with Crippen molar-refractivity contribution >= 4 is 54.3 Å². The van der Waals surface area contributed by atoms with Crippen LogP contribution in [0, 0.1) is 13.8 Å². The van der Waals surface area contributed by atoms with E-state index in [0.717, 1.165) is 99.6 Å². The Labute approximate surface area is 371 Å². The van der Waals surface area contributed by atoms with Crippen LogP contribution in [0.5, 0.6) is 0 Å². The molecule has 0 N–H and O–H groups in total. The molecular weight excluding hydrogens is 777 g/mol. The summed E-state index contributed by atoms with van der Waals surface area (Å²) in [5, 5.41) is 7.99. The first-order valence-electron chi connectivity index (χ1n) is 21.8. The fourth-order valence-electron chi connectivity index (χ4n) is 9.74. The monoisotopic (exact) mass is 816 g/mol.